The summed E-state index contributed by atoms with van der Waals surface area (Å²) >= 11 is 0. The molecule has 0 fully saturated rings. The van der Waals surface area contributed by atoms with Crippen molar-refractivity contribution in [3.8, 4) is 23.6 Å². The van der Waals surface area contributed by atoms with Gasteiger partial charge in [0.05, 0.1) is 23.3 Å². The highest BCUT2D eigenvalue weighted by atomic mass is 16.5. The number of hydrogen-bond donors (Lipinski definition) is 2. The van der Waals surface area contributed by atoms with Crippen LogP contribution in [0, 0.1) is 22.7 Å². The van der Waals surface area contributed by atoms with Crippen LogP contribution in [0.4, 0.5) is 28.4 Å². The van der Waals surface area contributed by atoms with Gasteiger partial charge in [0, 0.05) is 70.7 Å². The van der Waals surface area contributed by atoms with Crippen LogP contribution in [0.15, 0.2) is 109 Å². The maximum Gasteiger partial charge on any atom is 0.133 e. The van der Waals surface area contributed by atoms with E-state index in [0.29, 0.717) is 28.2 Å². The quantitative estimate of drug-likeness (QED) is 0.193. The SMILES string of the molecule is CCNc1ccc2c(c1)Oc1cc(NCC)ccc1C2c1c(C#N)cc(N(c2ccccc2)c2ccccc2)cc1C#N. The van der Waals surface area contributed by atoms with Gasteiger partial charge in [-0.2, -0.15) is 10.5 Å². The molecule has 6 heteroatoms. The fraction of sp³-hybridized carbons (Fsp3) is 0.135. The van der Waals surface area contributed by atoms with E-state index < -0.39 is 0 Å². The first-order valence-corrected chi connectivity index (χ1v) is 14.5. The molecule has 5 aromatic carbocycles. The van der Waals surface area contributed by atoms with Gasteiger partial charge in [0.1, 0.15) is 11.5 Å². The molecule has 210 valence electrons. The van der Waals surface area contributed by atoms with Crippen molar-refractivity contribution in [2.75, 3.05) is 28.6 Å². The second-order valence-electron chi connectivity index (χ2n) is 10.3. The molecule has 0 bridgehead atoms. The van der Waals surface area contributed by atoms with Crippen molar-refractivity contribution in [2.24, 2.45) is 0 Å². The lowest BCUT2D eigenvalue weighted by Gasteiger charge is -2.32. The first kappa shape index (κ1) is 27.4. The Labute approximate surface area is 252 Å². The van der Waals surface area contributed by atoms with E-state index in [0.717, 1.165) is 52.7 Å². The Morgan fingerprint density at radius 3 is 1.51 bits per heavy atom. The Balaban J connectivity index is 1.58. The number of hydrogen-bond acceptors (Lipinski definition) is 6. The third kappa shape index (κ3) is 5.23. The first-order valence-electron chi connectivity index (χ1n) is 14.5. The highest BCUT2D eigenvalue weighted by molar-refractivity contribution is 5.80. The van der Waals surface area contributed by atoms with Crippen LogP contribution in [-0.4, -0.2) is 13.1 Å². The normalized spacial score (nSPS) is 11.7. The monoisotopic (exact) mass is 561 g/mol. The van der Waals surface area contributed by atoms with Gasteiger partial charge in [0.2, 0.25) is 0 Å². The lowest BCUT2D eigenvalue weighted by molar-refractivity contribution is 0.453. The third-order valence-electron chi connectivity index (χ3n) is 7.61. The van der Waals surface area contributed by atoms with Crippen LogP contribution in [-0.2, 0) is 0 Å². The van der Waals surface area contributed by atoms with Crippen LogP contribution in [0.5, 0.6) is 11.5 Å². The number of anilines is 5. The molecule has 0 radical (unpaired) electrons. The lowest BCUT2D eigenvalue weighted by atomic mass is 9.78. The summed E-state index contributed by atoms with van der Waals surface area (Å²) in [5.74, 6) is 1.04. The minimum Gasteiger partial charge on any atom is -0.457 e. The van der Waals surface area contributed by atoms with E-state index in [1.54, 1.807) is 0 Å². The van der Waals surface area contributed by atoms with Gasteiger partial charge in [-0.25, -0.2) is 0 Å². The molecule has 0 saturated heterocycles. The minimum absolute atomic E-state index is 0.370. The van der Waals surface area contributed by atoms with Gasteiger partial charge in [0.25, 0.3) is 0 Å². The molecule has 0 atom stereocenters. The molecule has 5 aromatic rings. The van der Waals surface area contributed by atoms with E-state index in [4.69, 9.17) is 4.74 Å². The maximum atomic E-state index is 10.6. The fourth-order valence-corrected chi connectivity index (χ4v) is 5.81. The molecule has 2 N–H and O–H groups in total. The van der Waals surface area contributed by atoms with Crippen LogP contribution in [0.2, 0.25) is 0 Å². The van der Waals surface area contributed by atoms with Crippen molar-refractivity contribution in [1.82, 2.24) is 0 Å². The van der Waals surface area contributed by atoms with Gasteiger partial charge in [-0.05, 0) is 67.9 Å². The molecule has 0 unspecified atom stereocenters. The number of fused-ring (bicyclic) bond motifs is 2. The molecule has 1 heterocycles. The van der Waals surface area contributed by atoms with E-state index in [-0.39, 0.29) is 5.92 Å². The van der Waals surface area contributed by atoms with Gasteiger partial charge in [0.15, 0.2) is 0 Å². The molecule has 6 rings (SSSR count). The number of nitrogens with one attached hydrogen (secondary N) is 2. The van der Waals surface area contributed by atoms with E-state index >= 15 is 0 Å². The van der Waals surface area contributed by atoms with Crippen molar-refractivity contribution in [2.45, 2.75) is 19.8 Å². The standard InChI is InChI=1S/C37H31N5O/c1-3-40-27-15-17-32-34(21-27)43-35-22-28(41-4-2)16-18-33(35)37(32)36-25(23-38)19-31(20-26(36)24-39)42(29-11-7-5-8-12-29)30-13-9-6-10-14-30/h5-22,37,40-41H,3-4H2,1-2H3. The first-order chi connectivity index (χ1) is 21.1. The Kier molecular flexibility index (Phi) is 7.68. The van der Waals surface area contributed by atoms with Gasteiger partial charge >= 0.3 is 0 Å². The van der Waals surface area contributed by atoms with E-state index in [2.05, 4.69) is 41.5 Å². The number of nitriles is 2. The second kappa shape index (κ2) is 12.0. The van der Waals surface area contributed by atoms with Gasteiger partial charge in [-0.15, -0.1) is 0 Å². The summed E-state index contributed by atoms with van der Waals surface area (Å²) in [6.07, 6.45) is 0. The van der Waals surface area contributed by atoms with Gasteiger partial charge in [-0.3, -0.25) is 0 Å². The molecule has 6 nitrogen and oxygen atoms in total. The number of ether oxygens (including phenoxy) is 1. The van der Waals surface area contributed by atoms with Gasteiger partial charge < -0.3 is 20.3 Å². The zero-order valence-corrected chi connectivity index (χ0v) is 24.1. The molecule has 43 heavy (non-hydrogen) atoms. The molecule has 0 saturated carbocycles. The average Bonchev–Trinajstić information content (AvgIpc) is 3.04. The maximum absolute atomic E-state index is 10.6. The minimum atomic E-state index is -0.370. The summed E-state index contributed by atoms with van der Waals surface area (Å²) in [7, 11) is 0. The van der Waals surface area contributed by atoms with Crippen molar-refractivity contribution in [3.05, 3.63) is 137 Å². The molecule has 1 aliphatic heterocycles. The Bertz CT molecular complexity index is 1720. The molecular weight excluding hydrogens is 530 g/mol. The zero-order chi connectivity index (χ0) is 29.8. The summed E-state index contributed by atoms with van der Waals surface area (Å²) in [6.45, 7) is 5.66. The van der Waals surface area contributed by atoms with Crippen LogP contribution in [0.3, 0.4) is 0 Å². The summed E-state index contributed by atoms with van der Waals surface area (Å²) in [4.78, 5) is 2.07. The van der Waals surface area contributed by atoms with E-state index in [1.165, 1.54) is 0 Å². The van der Waals surface area contributed by atoms with E-state index in [1.807, 2.05) is 109 Å². The molecular formula is C37H31N5O. The fourth-order valence-electron chi connectivity index (χ4n) is 5.81. The molecule has 0 spiro atoms. The summed E-state index contributed by atoms with van der Waals surface area (Å²) < 4.78 is 6.47. The number of para-hydroxylation sites is 2. The number of nitrogens with zero attached hydrogens (tertiary/aromatic N) is 3. The molecule has 0 amide bonds. The average molecular weight is 562 g/mol. The highest BCUT2D eigenvalue weighted by Crippen LogP contribution is 2.51. The van der Waals surface area contributed by atoms with Crippen LogP contribution < -0.4 is 20.3 Å². The van der Waals surface area contributed by atoms with Crippen molar-refractivity contribution in [3.63, 3.8) is 0 Å². The molecule has 0 aromatic heterocycles. The third-order valence-corrected chi connectivity index (χ3v) is 7.61. The van der Waals surface area contributed by atoms with Crippen molar-refractivity contribution < 1.29 is 4.74 Å². The van der Waals surface area contributed by atoms with Crippen molar-refractivity contribution >= 4 is 28.4 Å². The molecule has 1 aliphatic rings. The molecule has 0 aliphatic carbocycles. The number of rotatable bonds is 8. The Morgan fingerprint density at radius 2 is 1.09 bits per heavy atom. The predicted molar refractivity (Wildman–Crippen MR) is 173 cm³/mol. The van der Waals surface area contributed by atoms with E-state index in [9.17, 15) is 10.5 Å². The lowest BCUT2D eigenvalue weighted by Crippen LogP contribution is -2.16. The summed E-state index contributed by atoms with van der Waals surface area (Å²) in [5, 5.41) is 27.9. The largest absolute Gasteiger partial charge is 0.457 e. The Morgan fingerprint density at radius 1 is 0.628 bits per heavy atom. The topological polar surface area (TPSA) is 84.1 Å². The zero-order valence-electron chi connectivity index (χ0n) is 24.1. The highest BCUT2D eigenvalue weighted by Gasteiger charge is 2.33. The van der Waals surface area contributed by atoms with Crippen LogP contribution >= 0.6 is 0 Å². The van der Waals surface area contributed by atoms with Crippen LogP contribution in [0.25, 0.3) is 0 Å². The second-order valence-corrected chi connectivity index (χ2v) is 10.3. The Hall–Kier alpha value is -5.72. The summed E-state index contributed by atoms with van der Waals surface area (Å²) in [5.41, 5.74) is 7.89. The number of benzene rings is 5. The van der Waals surface area contributed by atoms with Crippen molar-refractivity contribution in [1.29, 1.82) is 10.5 Å². The summed E-state index contributed by atoms with van der Waals surface area (Å²) in [6, 6.07) is 40.7. The predicted octanol–water partition coefficient (Wildman–Crippen LogP) is 9.05. The smallest absolute Gasteiger partial charge is 0.133 e. The van der Waals surface area contributed by atoms with Crippen LogP contribution in [0.1, 0.15) is 47.6 Å². The van der Waals surface area contributed by atoms with Gasteiger partial charge in [-0.1, -0.05) is 48.5 Å².